The molecule has 0 fully saturated rings. The zero-order valence-corrected chi connectivity index (χ0v) is 12.7. The van der Waals surface area contributed by atoms with Crippen molar-refractivity contribution < 1.29 is 9.90 Å². The van der Waals surface area contributed by atoms with E-state index in [9.17, 15) is 4.79 Å². The van der Waals surface area contributed by atoms with Gasteiger partial charge in [0.15, 0.2) is 0 Å². The molecule has 108 valence electrons. The van der Waals surface area contributed by atoms with E-state index in [1.54, 1.807) is 22.7 Å². The van der Waals surface area contributed by atoms with Crippen molar-refractivity contribution in [3.63, 3.8) is 0 Å². The zero-order valence-electron chi connectivity index (χ0n) is 11.1. The van der Waals surface area contributed by atoms with Crippen LogP contribution in [0, 0.1) is 0 Å². The van der Waals surface area contributed by atoms with E-state index in [2.05, 4.69) is 27.8 Å². The van der Waals surface area contributed by atoms with Crippen molar-refractivity contribution in [2.24, 2.45) is 5.73 Å². The van der Waals surface area contributed by atoms with E-state index in [4.69, 9.17) is 10.8 Å². The van der Waals surface area contributed by atoms with Gasteiger partial charge in [-0.3, -0.25) is 9.69 Å². The topological polar surface area (TPSA) is 66.6 Å². The predicted octanol–water partition coefficient (Wildman–Crippen LogP) is 2.61. The molecule has 0 amide bonds. The number of rotatable bonds is 8. The molecule has 0 spiro atoms. The zero-order chi connectivity index (χ0) is 14.4. The van der Waals surface area contributed by atoms with Gasteiger partial charge in [-0.05, 0) is 29.3 Å². The first-order valence-electron chi connectivity index (χ1n) is 6.40. The van der Waals surface area contributed by atoms with Gasteiger partial charge in [-0.2, -0.15) is 0 Å². The normalized spacial score (nSPS) is 12.7. The van der Waals surface area contributed by atoms with Gasteiger partial charge in [0.25, 0.3) is 0 Å². The Kier molecular flexibility index (Phi) is 5.72. The van der Waals surface area contributed by atoms with Gasteiger partial charge in [0.05, 0.1) is 0 Å². The molecule has 1 atom stereocenters. The van der Waals surface area contributed by atoms with E-state index in [-0.39, 0.29) is 0 Å². The molecule has 0 saturated carbocycles. The van der Waals surface area contributed by atoms with Crippen LogP contribution in [0.25, 0.3) is 0 Å². The van der Waals surface area contributed by atoms with Crippen molar-refractivity contribution in [1.82, 2.24) is 4.90 Å². The van der Waals surface area contributed by atoms with Crippen molar-refractivity contribution in [2.75, 3.05) is 6.54 Å². The Morgan fingerprint density at radius 3 is 2.15 bits per heavy atom. The summed E-state index contributed by atoms with van der Waals surface area (Å²) in [5.41, 5.74) is 5.59. The highest BCUT2D eigenvalue weighted by molar-refractivity contribution is 7.10. The molecule has 2 heterocycles. The van der Waals surface area contributed by atoms with Crippen molar-refractivity contribution in [1.29, 1.82) is 0 Å². The number of hydrogen-bond acceptors (Lipinski definition) is 5. The molecule has 2 aromatic rings. The van der Waals surface area contributed by atoms with E-state index in [1.807, 2.05) is 12.1 Å². The summed E-state index contributed by atoms with van der Waals surface area (Å²) in [5, 5.41) is 13.0. The monoisotopic (exact) mass is 310 g/mol. The van der Waals surface area contributed by atoms with Gasteiger partial charge in [0, 0.05) is 29.4 Å². The molecule has 3 N–H and O–H groups in total. The lowest BCUT2D eigenvalue weighted by atomic mass is 10.2. The largest absolute Gasteiger partial charge is 0.480 e. The summed E-state index contributed by atoms with van der Waals surface area (Å²) in [6.45, 7) is 2.35. The average molecular weight is 310 g/mol. The van der Waals surface area contributed by atoms with E-state index in [1.165, 1.54) is 9.75 Å². The van der Waals surface area contributed by atoms with Gasteiger partial charge in [-0.15, -0.1) is 22.7 Å². The smallest absolute Gasteiger partial charge is 0.320 e. The molecule has 0 bridgehead atoms. The molecule has 4 nitrogen and oxygen atoms in total. The van der Waals surface area contributed by atoms with Crippen molar-refractivity contribution in [3.05, 3.63) is 44.8 Å². The van der Waals surface area contributed by atoms with Gasteiger partial charge in [-0.1, -0.05) is 12.1 Å². The third-order valence-corrected chi connectivity index (χ3v) is 4.71. The van der Waals surface area contributed by atoms with Gasteiger partial charge in [0.2, 0.25) is 0 Å². The minimum Gasteiger partial charge on any atom is -0.480 e. The minimum absolute atomic E-state index is 0.464. The van der Waals surface area contributed by atoms with Crippen LogP contribution in [-0.4, -0.2) is 28.6 Å². The quantitative estimate of drug-likeness (QED) is 0.786. The first-order valence-corrected chi connectivity index (χ1v) is 8.16. The van der Waals surface area contributed by atoms with Gasteiger partial charge in [-0.25, -0.2) is 0 Å². The lowest BCUT2D eigenvalue weighted by Gasteiger charge is -2.22. The molecule has 0 radical (unpaired) electrons. The molecular weight excluding hydrogens is 292 g/mol. The Morgan fingerprint density at radius 2 is 1.75 bits per heavy atom. The van der Waals surface area contributed by atoms with Crippen LogP contribution in [0.5, 0.6) is 0 Å². The lowest BCUT2D eigenvalue weighted by Crippen LogP contribution is -2.35. The molecule has 0 aliphatic heterocycles. The molecule has 2 rings (SSSR count). The summed E-state index contributed by atoms with van der Waals surface area (Å²) in [7, 11) is 0. The van der Waals surface area contributed by atoms with Crippen molar-refractivity contribution in [2.45, 2.75) is 25.6 Å². The number of aliphatic carboxylic acids is 1. The second kappa shape index (κ2) is 7.54. The number of hydrogen-bond donors (Lipinski definition) is 2. The Hall–Kier alpha value is -1.21. The first-order chi connectivity index (χ1) is 9.65. The molecule has 6 heteroatoms. The van der Waals surface area contributed by atoms with Crippen LogP contribution in [0.15, 0.2) is 35.0 Å². The molecule has 0 aliphatic carbocycles. The standard InChI is InChI=1S/C14H18N2O2S2/c15-13(14(17)18)5-6-16(9-11-3-1-7-19-11)10-12-4-2-8-20-12/h1-4,7-8,13H,5-6,9-10,15H2,(H,17,18). The molecule has 2 aromatic heterocycles. The Balaban J connectivity index is 1.94. The summed E-state index contributed by atoms with van der Waals surface area (Å²) in [6, 6.07) is 7.48. The van der Waals surface area contributed by atoms with Crippen LogP contribution in [0.1, 0.15) is 16.2 Å². The molecule has 0 aliphatic rings. The Labute approximate surface area is 126 Å². The van der Waals surface area contributed by atoms with E-state index in [0.717, 1.165) is 13.1 Å². The maximum Gasteiger partial charge on any atom is 0.320 e. The van der Waals surface area contributed by atoms with Gasteiger partial charge < -0.3 is 10.8 Å². The average Bonchev–Trinajstić information content (AvgIpc) is 3.08. The second-order valence-corrected chi connectivity index (χ2v) is 6.67. The molecule has 0 saturated heterocycles. The number of thiophene rings is 2. The van der Waals surface area contributed by atoms with Crippen LogP contribution in [0.4, 0.5) is 0 Å². The number of nitrogens with two attached hydrogens (primary N) is 1. The fourth-order valence-electron chi connectivity index (χ4n) is 1.91. The summed E-state index contributed by atoms with van der Waals surface area (Å²) in [4.78, 5) is 15.6. The van der Waals surface area contributed by atoms with Crippen molar-refractivity contribution in [3.8, 4) is 0 Å². The van der Waals surface area contributed by atoms with E-state index >= 15 is 0 Å². The number of carboxylic acids is 1. The predicted molar refractivity (Wildman–Crippen MR) is 83.0 cm³/mol. The van der Waals surface area contributed by atoms with Crippen molar-refractivity contribution >= 4 is 28.6 Å². The Morgan fingerprint density at radius 1 is 1.20 bits per heavy atom. The highest BCUT2D eigenvalue weighted by Crippen LogP contribution is 2.17. The van der Waals surface area contributed by atoms with Crippen LogP contribution >= 0.6 is 22.7 Å². The van der Waals surface area contributed by atoms with Crippen LogP contribution < -0.4 is 5.73 Å². The minimum atomic E-state index is -0.933. The summed E-state index contributed by atoms with van der Waals surface area (Å²) < 4.78 is 0. The summed E-state index contributed by atoms with van der Waals surface area (Å²) in [5.74, 6) is -0.933. The van der Waals surface area contributed by atoms with Crippen LogP contribution in [0.3, 0.4) is 0 Å². The number of nitrogens with zero attached hydrogens (tertiary/aromatic N) is 1. The van der Waals surface area contributed by atoms with Crippen LogP contribution in [-0.2, 0) is 17.9 Å². The fraction of sp³-hybridized carbons (Fsp3) is 0.357. The van der Waals surface area contributed by atoms with Gasteiger partial charge in [0.1, 0.15) is 6.04 Å². The third-order valence-electron chi connectivity index (χ3n) is 2.99. The maximum absolute atomic E-state index is 10.8. The maximum atomic E-state index is 10.8. The molecule has 1 unspecified atom stereocenters. The van der Waals surface area contributed by atoms with Gasteiger partial charge >= 0.3 is 5.97 Å². The van der Waals surface area contributed by atoms with Crippen LogP contribution in [0.2, 0.25) is 0 Å². The summed E-state index contributed by atoms with van der Waals surface area (Å²) >= 11 is 3.44. The number of carboxylic acid groups (broad SMARTS) is 1. The molecule has 0 aromatic carbocycles. The molecular formula is C14H18N2O2S2. The summed E-state index contributed by atoms with van der Waals surface area (Å²) in [6.07, 6.45) is 0.464. The second-order valence-electron chi connectivity index (χ2n) is 4.60. The van der Waals surface area contributed by atoms with E-state index in [0.29, 0.717) is 13.0 Å². The van der Waals surface area contributed by atoms with E-state index < -0.39 is 12.0 Å². The highest BCUT2D eigenvalue weighted by atomic mass is 32.1. The fourth-order valence-corrected chi connectivity index (χ4v) is 3.40. The first kappa shape index (κ1) is 15.2. The number of carbonyl (C=O) groups is 1. The third kappa shape index (κ3) is 4.72. The highest BCUT2D eigenvalue weighted by Gasteiger charge is 2.15. The molecule has 20 heavy (non-hydrogen) atoms. The Bertz CT molecular complexity index is 475. The lowest BCUT2D eigenvalue weighted by molar-refractivity contribution is -0.138. The SMILES string of the molecule is NC(CCN(Cc1cccs1)Cc1cccs1)C(=O)O.